The Balaban J connectivity index is 2.71. The minimum atomic E-state index is -1.30. The fourth-order valence-corrected chi connectivity index (χ4v) is 1.98. The summed E-state index contributed by atoms with van der Waals surface area (Å²) in [5.74, 6) is -2.67. The van der Waals surface area contributed by atoms with Gasteiger partial charge in [-0.05, 0) is 42.9 Å². The lowest BCUT2D eigenvalue weighted by molar-refractivity contribution is 0.0692. The molecule has 1 fully saturated rings. The average molecular weight is 236 g/mol. The second kappa shape index (κ2) is 3.76. The number of hydrogen-bond donors (Lipinski definition) is 3. The van der Waals surface area contributed by atoms with Crippen LogP contribution in [0.15, 0.2) is 6.07 Å². The molecule has 1 aromatic carbocycles. The minimum absolute atomic E-state index is 0.0536. The van der Waals surface area contributed by atoms with E-state index in [9.17, 15) is 14.7 Å². The van der Waals surface area contributed by atoms with E-state index in [0.717, 1.165) is 12.8 Å². The van der Waals surface area contributed by atoms with Crippen molar-refractivity contribution in [1.29, 1.82) is 0 Å². The van der Waals surface area contributed by atoms with Gasteiger partial charge < -0.3 is 15.3 Å². The molecule has 0 amide bonds. The van der Waals surface area contributed by atoms with Gasteiger partial charge in [0, 0.05) is 0 Å². The number of carboxylic acids is 2. The molecule has 0 unspecified atom stereocenters. The monoisotopic (exact) mass is 236 g/mol. The van der Waals surface area contributed by atoms with Gasteiger partial charge in [0.15, 0.2) is 0 Å². The van der Waals surface area contributed by atoms with Gasteiger partial charge in [0.05, 0.1) is 5.56 Å². The van der Waals surface area contributed by atoms with Gasteiger partial charge in [-0.3, -0.25) is 0 Å². The van der Waals surface area contributed by atoms with Crippen LogP contribution in [0.5, 0.6) is 5.75 Å². The Kier molecular flexibility index (Phi) is 2.53. The lowest BCUT2D eigenvalue weighted by atomic mass is 9.95. The zero-order chi connectivity index (χ0) is 12.7. The topological polar surface area (TPSA) is 94.8 Å². The first-order chi connectivity index (χ1) is 7.93. The number of carbonyl (C=O) groups is 2. The molecule has 0 radical (unpaired) electrons. The number of benzene rings is 1. The minimum Gasteiger partial charge on any atom is -0.507 e. The van der Waals surface area contributed by atoms with Gasteiger partial charge in [0.25, 0.3) is 0 Å². The molecule has 1 aliphatic rings. The molecule has 5 nitrogen and oxygen atoms in total. The Hall–Kier alpha value is -2.04. The van der Waals surface area contributed by atoms with Crippen molar-refractivity contribution in [3.8, 4) is 5.75 Å². The van der Waals surface area contributed by atoms with Crippen LogP contribution < -0.4 is 0 Å². The maximum absolute atomic E-state index is 11.1. The summed E-state index contributed by atoms with van der Waals surface area (Å²) in [6, 6.07) is 1.39. The van der Waals surface area contributed by atoms with Crippen molar-refractivity contribution in [1.82, 2.24) is 0 Å². The number of carboxylic acid groups (broad SMARTS) is 2. The second-order valence-corrected chi connectivity index (χ2v) is 4.25. The number of rotatable bonds is 3. The van der Waals surface area contributed by atoms with Crippen molar-refractivity contribution in [2.75, 3.05) is 0 Å². The van der Waals surface area contributed by atoms with Gasteiger partial charge >= 0.3 is 11.9 Å². The summed E-state index contributed by atoms with van der Waals surface area (Å²) in [5.41, 5.74) is 0.172. The van der Waals surface area contributed by atoms with Gasteiger partial charge in [0.2, 0.25) is 0 Å². The highest BCUT2D eigenvalue weighted by Crippen LogP contribution is 2.46. The van der Waals surface area contributed by atoms with Crippen molar-refractivity contribution >= 4 is 11.9 Å². The molecule has 0 aliphatic heterocycles. The number of aromatic carboxylic acids is 2. The van der Waals surface area contributed by atoms with E-state index < -0.39 is 11.9 Å². The van der Waals surface area contributed by atoms with Gasteiger partial charge in [0.1, 0.15) is 11.3 Å². The van der Waals surface area contributed by atoms with Crippen LogP contribution in [0.3, 0.4) is 0 Å². The van der Waals surface area contributed by atoms with Gasteiger partial charge in [-0.2, -0.15) is 0 Å². The summed E-state index contributed by atoms with van der Waals surface area (Å²) < 4.78 is 0. The Morgan fingerprint density at radius 2 is 1.82 bits per heavy atom. The molecule has 1 aromatic rings. The summed E-state index contributed by atoms with van der Waals surface area (Å²) in [6.07, 6.45) is 1.71. The molecule has 17 heavy (non-hydrogen) atoms. The van der Waals surface area contributed by atoms with Crippen molar-refractivity contribution in [3.63, 3.8) is 0 Å². The van der Waals surface area contributed by atoms with Gasteiger partial charge in [-0.1, -0.05) is 0 Å². The van der Waals surface area contributed by atoms with Crippen molar-refractivity contribution in [2.24, 2.45) is 0 Å². The van der Waals surface area contributed by atoms with Crippen molar-refractivity contribution in [3.05, 3.63) is 28.3 Å². The lowest BCUT2D eigenvalue weighted by Gasteiger charge is -2.12. The van der Waals surface area contributed by atoms with E-state index in [2.05, 4.69) is 0 Å². The normalized spacial score (nSPS) is 14.6. The zero-order valence-electron chi connectivity index (χ0n) is 9.23. The predicted molar refractivity (Wildman–Crippen MR) is 58.7 cm³/mol. The van der Waals surface area contributed by atoms with E-state index in [0.29, 0.717) is 5.56 Å². The summed E-state index contributed by atoms with van der Waals surface area (Å²) >= 11 is 0. The number of hydrogen-bond acceptors (Lipinski definition) is 3. The molecule has 90 valence electrons. The average Bonchev–Trinajstić information content (AvgIpc) is 3.00. The van der Waals surface area contributed by atoms with E-state index >= 15 is 0 Å². The quantitative estimate of drug-likeness (QED) is 0.745. The molecule has 0 aromatic heterocycles. The highest BCUT2D eigenvalue weighted by molar-refractivity contribution is 5.99. The number of phenols is 1. The lowest BCUT2D eigenvalue weighted by Crippen LogP contribution is -2.09. The maximum atomic E-state index is 11.1. The first-order valence-corrected chi connectivity index (χ1v) is 5.26. The molecule has 0 bridgehead atoms. The third kappa shape index (κ3) is 1.84. The molecule has 1 aliphatic carbocycles. The molecular weight excluding hydrogens is 224 g/mol. The van der Waals surface area contributed by atoms with Crippen LogP contribution in [0.2, 0.25) is 0 Å². The van der Waals surface area contributed by atoms with Crippen LogP contribution in [0.25, 0.3) is 0 Å². The third-order valence-corrected chi connectivity index (χ3v) is 3.05. The van der Waals surface area contributed by atoms with Crippen LogP contribution in [0, 0.1) is 6.92 Å². The standard InChI is InChI=1S/C12H12O5/c1-5-7(11(14)15)4-8(6-2-3-6)10(13)9(5)12(16)17/h4,6,13H,2-3H2,1H3,(H,14,15)(H,16,17). The highest BCUT2D eigenvalue weighted by Gasteiger charge is 2.31. The molecule has 5 heteroatoms. The Labute approximate surface area is 97.3 Å². The van der Waals surface area contributed by atoms with Crippen LogP contribution in [0.1, 0.15) is 50.6 Å². The fourth-order valence-electron chi connectivity index (χ4n) is 1.98. The first kappa shape index (κ1) is 11.4. The van der Waals surface area contributed by atoms with Gasteiger partial charge in [-0.25, -0.2) is 9.59 Å². The highest BCUT2D eigenvalue weighted by atomic mass is 16.4. The second-order valence-electron chi connectivity index (χ2n) is 4.25. The first-order valence-electron chi connectivity index (χ1n) is 5.26. The zero-order valence-corrected chi connectivity index (χ0v) is 9.23. The molecule has 2 rings (SSSR count). The predicted octanol–water partition coefficient (Wildman–Crippen LogP) is 1.97. The molecule has 0 heterocycles. The molecule has 3 N–H and O–H groups in total. The number of aromatic hydroxyl groups is 1. The van der Waals surface area contributed by atoms with Crippen LogP contribution >= 0.6 is 0 Å². The fraction of sp³-hybridized carbons (Fsp3) is 0.333. The van der Waals surface area contributed by atoms with Crippen LogP contribution in [-0.2, 0) is 0 Å². The largest absolute Gasteiger partial charge is 0.507 e. The smallest absolute Gasteiger partial charge is 0.339 e. The molecule has 0 spiro atoms. The maximum Gasteiger partial charge on any atom is 0.339 e. The van der Waals surface area contributed by atoms with E-state index in [1.165, 1.54) is 13.0 Å². The third-order valence-electron chi connectivity index (χ3n) is 3.05. The summed E-state index contributed by atoms with van der Waals surface area (Å²) in [4.78, 5) is 22.1. The Morgan fingerprint density at radius 3 is 2.24 bits per heavy atom. The van der Waals surface area contributed by atoms with Crippen molar-refractivity contribution < 1.29 is 24.9 Å². The Morgan fingerprint density at radius 1 is 1.24 bits per heavy atom. The van der Waals surface area contributed by atoms with E-state index in [-0.39, 0.29) is 28.4 Å². The van der Waals surface area contributed by atoms with Gasteiger partial charge in [-0.15, -0.1) is 0 Å². The summed E-state index contributed by atoms with van der Waals surface area (Å²) in [5, 5.41) is 27.9. The van der Waals surface area contributed by atoms with Crippen LogP contribution in [-0.4, -0.2) is 27.3 Å². The Bertz CT molecular complexity index is 514. The van der Waals surface area contributed by atoms with E-state index in [1.807, 2.05) is 0 Å². The molecule has 0 saturated heterocycles. The SMILES string of the molecule is Cc1c(C(=O)O)cc(C2CC2)c(O)c1C(=O)O. The van der Waals surface area contributed by atoms with E-state index in [4.69, 9.17) is 10.2 Å². The molecule has 0 atom stereocenters. The summed E-state index contributed by atoms with van der Waals surface area (Å²) in [7, 11) is 0. The van der Waals surface area contributed by atoms with Crippen molar-refractivity contribution in [2.45, 2.75) is 25.7 Å². The molecule has 1 saturated carbocycles. The summed E-state index contributed by atoms with van der Waals surface area (Å²) in [6.45, 7) is 1.39. The molecular formula is C12H12O5. The van der Waals surface area contributed by atoms with E-state index in [1.54, 1.807) is 0 Å². The van der Waals surface area contributed by atoms with Crippen LogP contribution in [0.4, 0.5) is 0 Å².